The SMILES string of the molecule is CCC.CNC(=O)c1ccc(N=CC2=C(N)CN(C3CCC(C)C3)C2)cn1. The van der Waals surface area contributed by atoms with Crippen LogP contribution in [0, 0.1) is 5.92 Å². The van der Waals surface area contributed by atoms with E-state index >= 15 is 0 Å². The van der Waals surface area contributed by atoms with Crippen molar-refractivity contribution in [1.82, 2.24) is 15.2 Å². The first-order valence-electron chi connectivity index (χ1n) is 9.92. The Morgan fingerprint density at radius 1 is 1.37 bits per heavy atom. The van der Waals surface area contributed by atoms with Gasteiger partial charge in [0.2, 0.25) is 0 Å². The van der Waals surface area contributed by atoms with Crippen molar-refractivity contribution in [3.63, 3.8) is 0 Å². The maximum atomic E-state index is 11.5. The monoisotopic (exact) mass is 371 g/mol. The Balaban J connectivity index is 0.000000817. The van der Waals surface area contributed by atoms with Crippen molar-refractivity contribution in [1.29, 1.82) is 0 Å². The topological polar surface area (TPSA) is 83.6 Å². The summed E-state index contributed by atoms with van der Waals surface area (Å²) in [5.74, 6) is 0.619. The van der Waals surface area contributed by atoms with Gasteiger partial charge >= 0.3 is 0 Å². The first-order valence-corrected chi connectivity index (χ1v) is 9.92. The highest BCUT2D eigenvalue weighted by Crippen LogP contribution is 2.31. The van der Waals surface area contributed by atoms with E-state index in [1.54, 1.807) is 25.4 Å². The lowest BCUT2D eigenvalue weighted by Crippen LogP contribution is -2.32. The van der Waals surface area contributed by atoms with Gasteiger partial charge in [-0.1, -0.05) is 27.2 Å². The quantitative estimate of drug-likeness (QED) is 0.796. The molecule has 1 amide bonds. The van der Waals surface area contributed by atoms with Gasteiger partial charge in [0.1, 0.15) is 5.69 Å². The average Bonchev–Trinajstić information content (AvgIpc) is 3.26. The van der Waals surface area contributed by atoms with Crippen LogP contribution < -0.4 is 11.1 Å². The molecule has 1 aliphatic heterocycles. The van der Waals surface area contributed by atoms with E-state index in [9.17, 15) is 4.79 Å². The summed E-state index contributed by atoms with van der Waals surface area (Å²) in [4.78, 5) is 22.5. The van der Waals surface area contributed by atoms with Crippen LogP contribution in [0.2, 0.25) is 0 Å². The molecule has 0 spiro atoms. The maximum Gasteiger partial charge on any atom is 0.269 e. The number of hydrogen-bond donors (Lipinski definition) is 2. The van der Waals surface area contributed by atoms with Crippen LogP contribution in [0.15, 0.2) is 34.6 Å². The van der Waals surface area contributed by atoms with E-state index in [2.05, 4.69) is 41.0 Å². The number of carbonyl (C=O) groups is 1. The molecule has 148 valence electrons. The second-order valence-electron chi connectivity index (χ2n) is 7.47. The van der Waals surface area contributed by atoms with Gasteiger partial charge in [-0.3, -0.25) is 14.7 Å². The lowest BCUT2D eigenvalue weighted by atomic mass is 10.1. The van der Waals surface area contributed by atoms with Gasteiger partial charge in [-0.25, -0.2) is 4.98 Å². The molecule has 6 heteroatoms. The normalized spacial score (nSPS) is 22.8. The van der Waals surface area contributed by atoms with Gasteiger partial charge in [-0.05, 0) is 37.3 Å². The van der Waals surface area contributed by atoms with Gasteiger partial charge < -0.3 is 11.1 Å². The third kappa shape index (κ3) is 5.89. The van der Waals surface area contributed by atoms with Gasteiger partial charge in [0.15, 0.2) is 0 Å². The van der Waals surface area contributed by atoms with Crippen molar-refractivity contribution >= 4 is 17.8 Å². The third-order valence-electron chi connectivity index (χ3n) is 4.92. The second kappa shape index (κ2) is 10.2. The van der Waals surface area contributed by atoms with Crippen LogP contribution in [0.25, 0.3) is 0 Å². The number of nitrogens with two attached hydrogens (primary N) is 1. The molecule has 6 nitrogen and oxygen atoms in total. The van der Waals surface area contributed by atoms with Crippen LogP contribution in [0.3, 0.4) is 0 Å². The highest BCUT2D eigenvalue weighted by atomic mass is 16.1. The Morgan fingerprint density at radius 3 is 2.67 bits per heavy atom. The first kappa shape index (κ1) is 21.1. The zero-order valence-electron chi connectivity index (χ0n) is 17.0. The Labute approximate surface area is 163 Å². The van der Waals surface area contributed by atoms with E-state index in [4.69, 9.17) is 5.73 Å². The molecule has 1 fully saturated rings. The van der Waals surface area contributed by atoms with Crippen LogP contribution in [0.5, 0.6) is 0 Å². The Hall–Kier alpha value is -2.21. The fourth-order valence-electron chi connectivity index (χ4n) is 3.46. The van der Waals surface area contributed by atoms with Crippen molar-refractivity contribution in [2.45, 2.75) is 52.5 Å². The summed E-state index contributed by atoms with van der Waals surface area (Å²) in [6.45, 7) is 8.29. The number of nitrogens with zero attached hydrogens (tertiary/aromatic N) is 3. The zero-order valence-corrected chi connectivity index (χ0v) is 17.0. The molecule has 0 bridgehead atoms. The fraction of sp³-hybridized carbons (Fsp3) is 0.571. The largest absolute Gasteiger partial charge is 0.401 e. The molecule has 1 aromatic heterocycles. The maximum absolute atomic E-state index is 11.5. The minimum atomic E-state index is -0.199. The molecule has 2 aliphatic rings. The number of aliphatic imine (C=N–C) groups is 1. The third-order valence-corrected chi connectivity index (χ3v) is 4.92. The molecule has 1 saturated carbocycles. The molecule has 1 aromatic rings. The first-order chi connectivity index (χ1) is 13.0. The van der Waals surface area contributed by atoms with E-state index < -0.39 is 0 Å². The van der Waals surface area contributed by atoms with Gasteiger partial charge in [-0.15, -0.1) is 0 Å². The molecule has 3 rings (SSSR count). The standard InChI is InChI=1S/C18H25N5O.C3H8/c1-12-3-5-15(7-12)23-10-13(16(19)11-23)8-21-14-4-6-17(22-9-14)18(24)20-2;1-3-2/h4,6,8-9,12,15H,3,5,7,10-11,19H2,1-2H3,(H,20,24);3H2,1-2H3. The fourth-order valence-corrected chi connectivity index (χ4v) is 3.46. The molecule has 2 atom stereocenters. The summed E-state index contributed by atoms with van der Waals surface area (Å²) in [5, 5.41) is 2.55. The van der Waals surface area contributed by atoms with Gasteiger partial charge in [-0.2, -0.15) is 0 Å². The number of hydrogen-bond acceptors (Lipinski definition) is 5. The molecule has 0 saturated heterocycles. The summed E-state index contributed by atoms with van der Waals surface area (Å²) in [5.41, 5.74) is 9.30. The van der Waals surface area contributed by atoms with Crippen LogP contribution >= 0.6 is 0 Å². The summed E-state index contributed by atoms with van der Waals surface area (Å²) in [6.07, 6.45) is 8.54. The number of pyridine rings is 1. The minimum absolute atomic E-state index is 0.199. The number of amides is 1. The molecule has 0 radical (unpaired) electrons. The van der Waals surface area contributed by atoms with Crippen LogP contribution in [-0.2, 0) is 0 Å². The van der Waals surface area contributed by atoms with E-state index in [1.165, 1.54) is 25.7 Å². The van der Waals surface area contributed by atoms with Crippen LogP contribution in [-0.4, -0.2) is 48.2 Å². The predicted octanol–water partition coefficient (Wildman–Crippen LogP) is 3.28. The molecule has 27 heavy (non-hydrogen) atoms. The summed E-state index contributed by atoms with van der Waals surface area (Å²) in [7, 11) is 1.59. The molecule has 2 unspecified atom stereocenters. The Kier molecular flexibility index (Phi) is 7.98. The highest BCUT2D eigenvalue weighted by molar-refractivity contribution is 5.92. The number of nitrogens with one attached hydrogen (secondary N) is 1. The smallest absolute Gasteiger partial charge is 0.269 e. The molecule has 1 aliphatic carbocycles. The average molecular weight is 372 g/mol. The van der Waals surface area contributed by atoms with Gasteiger partial charge in [0.05, 0.1) is 11.9 Å². The van der Waals surface area contributed by atoms with E-state index in [1.807, 2.05) is 6.21 Å². The van der Waals surface area contributed by atoms with E-state index in [0.717, 1.165) is 36.0 Å². The van der Waals surface area contributed by atoms with Crippen LogP contribution in [0.1, 0.15) is 56.9 Å². The molecule has 3 N–H and O–H groups in total. The molecular formula is C21H33N5O. The van der Waals surface area contributed by atoms with E-state index in [-0.39, 0.29) is 5.91 Å². The lowest BCUT2D eigenvalue weighted by molar-refractivity contribution is 0.0958. The summed E-state index contributed by atoms with van der Waals surface area (Å²) < 4.78 is 0. The Bertz CT molecular complexity index is 680. The Morgan fingerprint density at radius 2 is 2.11 bits per heavy atom. The van der Waals surface area contributed by atoms with Crippen molar-refractivity contribution in [3.8, 4) is 0 Å². The van der Waals surface area contributed by atoms with Crippen molar-refractivity contribution in [2.24, 2.45) is 16.6 Å². The second-order valence-corrected chi connectivity index (χ2v) is 7.47. The summed E-state index contributed by atoms with van der Waals surface area (Å²) >= 11 is 0. The van der Waals surface area contributed by atoms with Crippen molar-refractivity contribution in [2.75, 3.05) is 20.1 Å². The number of aromatic nitrogens is 1. The van der Waals surface area contributed by atoms with E-state index in [0.29, 0.717) is 11.7 Å². The van der Waals surface area contributed by atoms with Gasteiger partial charge in [0, 0.05) is 43.7 Å². The minimum Gasteiger partial charge on any atom is -0.401 e. The van der Waals surface area contributed by atoms with Crippen molar-refractivity contribution < 1.29 is 4.79 Å². The number of carbonyl (C=O) groups excluding carboxylic acids is 1. The van der Waals surface area contributed by atoms with Gasteiger partial charge in [0.25, 0.3) is 5.91 Å². The summed E-state index contributed by atoms with van der Waals surface area (Å²) in [6, 6.07) is 4.11. The lowest BCUT2D eigenvalue weighted by Gasteiger charge is -2.23. The molecule has 0 aromatic carbocycles. The van der Waals surface area contributed by atoms with Crippen molar-refractivity contribution in [3.05, 3.63) is 35.3 Å². The van der Waals surface area contributed by atoms with Crippen LogP contribution in [0.4, 0.5) is 5.69 Å². The number of rotatable bonds is 4. The molecular weight excluding hydrogens is 338 g/mol. The highest BCUT2D eigenvalue weighted by Gasteiger charge is 2.30. The predicted molar refractivity (Wildman–Crippen MR) is 111 cm³/mol. The zero-order chi connectivity index (χ0) is 19.8. The molecule has 2 heterocycles.